The molecule has 0 aliphatic heterocycles. The topological polar surface area (TPSA) is 114 Å². The molecule has 2 aromatic heterocycles. The van der Waals surface area contributed by atoms with Gasteiger partial charge in [0, 0.05) is 48.7 Å². The third kappa shape index (κ3) is 6.22. The molecule has 2 heterocycles. The molecule has 0 amide bonds. The van der Waals surface area contributed by atoms with Crippen LogP contribution in [0.15, 0.2) is 59.9 Å². The molecule has 0 aliphatic rings. The number of ether oxygens (including phenoxy) is 5. The first-order valence-electron chi connectivity index (χ1n) is 12.4. The van der Waals surface area contributed by atoms with E-state index >= 15 is 0 Å². The average molecular weight is 615 g/mol. The van der Waals surface area contributed by atoms with Gasteiger partial charge in [-0.1, -0.05) is 23.2 Å². The number of aromatic nitrogens is 3. The Morgan fingerprint density at radius 3 is 1.81 bits per heavy atom. The number of hydrogen-bond acceptors (Lipinski definition) is 10. The molecule has 220 valence electrons. The van der Waals surface area contributed by atoms with E-state index < -0.39 is 11.5 Å². The van der Waals surface area contributed by atoms with Crippen LogP contribution in [0.4, 0.5) is 5.82 Å². The number of carbonyl (C=O) groups is 1. The van der Waals surface area contributed by atoms with Crippen molar-refractivity contribution in [1.82, 2.24) is 14.5 Å². The zero-order valence-corrected chi connectivity index (χ0v) is 25.0. The fraction of sp³-hybridized carbons (Fsp3) is 0.241. The number of halogens is 2. The molecule has 0 atom stereocenters. The van der Waals surface area contributed by atoms with Gasteiger partial charge in [0.1, 0.15) is 29.3 Å². The third-order valence-corrected chi connectivity index (χ3v) is 6.97. The maximum atomic E-state index is 13.9. The van der Waals surface area contributed by atoms with Crippen molar-refractivity contribution in [2.45, 2.75) is 13.1 Å². The van der Waals surface area contributed by atoms with Crippen molar-refractivity contribution in [3.05, 3.63) is 92.2 Å². The highest BCUT2D eigenvalue weighted by Crippen LogP contribution is 2.32. The quantitative estimate of drug-likeness (QED) is 0.215. The Morgan fingerprint density at radius 1 is 0.833 bits per heavy atom. The summed E-state index contributed by atoms with van der Waals surface area (Å²) in [6.45, 7) is 0.332. The molecular weight excluding hydrogens is 587 g/mol. The highest BCUT2D eigenvalue weighted by atomic mass is 35.5. The molecular formula is C29H28Cl2N4O7. The lowest BCUT2D eigenvalue weighted by atomic mass is 10.1. The molecule has 0 N–H and O–H groups in total. The van der Waals surface area contributed by atoms with E-state index in [4.69, 9.17) is 46.9 Å². The van der Waals surface area contributed by atoms with Crippen molar-refractivity contribution in [1.29, 1.82) is 0 Å². The van der Waals surface area contributed by atoms with Gasteiger partial charge in [-0.25, -0.2) is 9.78 Å². The number of esters is 1. The van der Waals surface area contributed by atoms with Crippen LogP contribution in [-0.4, -0.2) is 56.1 Å². The van der Waals surface area contributed by atoms with Crippen LogP contribution in [0.5, 0.6) is 23.0 Å². The first-order chi connectivity index (χ1) is 20.3. The van der Waals surface area contributed by atoms with Gasteiger partial charge in [-0.15, -0.1) is 0 Å². The summed E-state index contributed by atoms with van der Waals surface area (Å²) >= 11 is 12.7. The normalized spacial score (nSPS) is 10.6. The zero-order chi connectivity index (χ0) is 30.4. The van der Waals surface area contributed by atoms with Crippen molar-refractivity contribution >= 4 is 35.0 Å². The number of methoxy groups -OCH3 is 5. The molecule has 13 heteroatoms. The minimum Gasteiger partial charge on any atom is -0.497 e. The number of rotatable bonds is 11. The van der Waals surface area contributed by atoms with Gasteiger partial charge in [0.25, 0.3) is 5.56 Å². The Balaban J connectivity index is 1.94. The summed E-state index contributed by atoms with van der Waals surface area (Å²) < 4.78 is 28.0. The molecule has 0 aliphatic carbocycles. The fourth-order valence-electron chi connectivity index (χ4n) is 4.34. The minimum atomic E-state index is -0.897. The predicted octanol–water partition coefficient (Wildman–Crippen LogP) is 4.96. The Kier molecular flexibility index (Phi) is 9.76. The second-order valence-electron chi connectivity index (χ2n) is 8.77. The van der Waals surface area contributed by atoms with E-state index in [2.05, 4.69) is 9.97 Å². The summed E-state index contributed by atoms with van der Waals surface area (Å²) in [5.74, 6) is 1.42. The Bertz CT molecular complexity index is 1580. The zero-order valence-electron chi connectivity index (χ0n) is 23.5. The maximum Gasteiger partial charge on any atom is 0.347 e. The van der Waals surface area contributed by atoms with Crippen molar-refractivity contribution in [3.8, 4) is 28.7 Å². The van der Waals surface area contributed by atoms with Crippen molar-refractivity contribution in [2.24, 2.45) is 0 Å². The van der Waals surface area contributed by atoms with Crippen LogP contribution in [0.2, 0.25) is 10.0 Å². The maximum absolute atomic E-state index is 13.9. The summed E-state index contributed by atoms with van der Waals surface area (Å²) in [7, 11) is 7.37. The molecule has 0 fully saturated rings. The van der Waals surface area contributed by atoms with Crippen LogP contribution in [0.1, 0.15) is 21.5 Å². The number of hydrogen-bond donors (Lipinski definition) is 0. The van der Waals surface area contributed by atoms with Crippen LogP contribution < -0.4 is 29.4 Å². The third-order valence-electron chi connectivity index (χ3n) is 6.42. The molecule has 0 saturated carbocycles. The number of carbonyl (C=O) groups excluding carboxylic acids is 1. The summed E-state index contributed by atoms with van der Waals surface area (Å²) in [4.78, 5) is 37.3. The van der Waals surface area contributed by atoms with Crippen LogP contribution in [0, 0.1) is 0 Å². The van der Waals surface area contributed by atoms with E-state index in [1.807, 2.05) is 12.1 Å². The van der Waals surface area contributed by atoms with Gasteiger partial charge >= 0.3 is 5.97 Å². The standard InChI is InChI=1S/C29H28Cl2N4O7/c1-38-19-8-6-17(23(10-19)40-3)14-34(15-18-7-9-20(39-2)11-24(18)41-4)27-25(29(37)42-5)28(36)35(16-33-27)26-21(30)12-32-13-22(26)31/h6-13,16H,14-15H2,1-5H3. The number of anilines is 1. The second-order valence-corrected chi connectivity index (χ2v) is 9.59. The number of pyridine rings is 1. The largest absolute Gasteiger partial charge is 0.497 e. The van der Waals surface area contributed by atoms with Gasteiger partial charge in [0.15, 0.2) is 11.4 Å². The summed E-state index contributed by atoms with van der Waals surface area (Å²) in [5, 5.41) is 0.190. The lowest BCUT2D eigenvalue weighted by Gasteiger charge is -2.27. The van der Waals surface area contributed by atoms with E-state index in [1.54, 1.807) is 43.4 Å². The Hall–Kier alpha value is -4.48. The van der Waals surface area contributed by atoms with E-state index in [0.29, 0.717) is 23.0 Å². The summed E-state index contributed by atoms with van der Waals surface area (Å²) in [5.41, 5.74) is 0.516. The van der Waals surface area contributed by atoms with Gasteiger partial charge < -0.3 is 28.6 Å². The highest BCUT2D eigenvalue weighted by Gasteiger charge is 2.27. The first kappa shape index (κ1) is 30.5. The minimum absolute atomic E-state index is 0.0557. The van der Waals surface area contributed by atoms with E-state index in [9.17, 15) is 9.59 Å². The molecule has 4 aromatic rings. The van der Waals surface area contributed by atoms with Gasteiger partial charge in [0.2, 0.25) is 0 Å². The van der Waals surface area contributed by atoms with Gasteiger partial charge in [-0.2, -0.15) is 0 Å². The van der Waals surface area contributed by atoms with Crippen molar-refractivity contribution in [3.63, 3.8) is 0 Å². The van der Waals surface area contributed by atoms with Crippen LogP contribution in [0.3, 0.4) is 0 Å². The number of benzene rings is 2. The first-order valence-corrected chi connectivity index (χ1v) is 13.2. The summed E-state index contributed by atoms with van der Waals surface area (Å²) in [6.07, 6.45) is 3.92. The van der Waals surface area contributed by atoms with Gasteiger partial charge in [-0.05, 0) is 24.3 Å². The van der Waals surface area contributed by atoms with Crippen molar-refractivity contribution < 1.29 is 28.5 Å². The lowest BCUT2D eigenvalue weighted by molar-refractivity contribution is 0.0598. The van der Waals surface area contributed by atoms with E-state index in [1.165, 1.54) is 40.1 Å². The Labute approximate surface area is 252 Å². The molecule has 0 spiro atoms. The fourth-order valence-corrected chi connectivity index (χ4v) is 4.89. The van der Waals surface area contributed by atoms with E-state index in [0.717, 1.165) is 15.7 Å². The summed E-state index contributed by atoms with van der Waals surface area (Å²) in [6, 6.07) is 10.7. The van der Waals surface area contributed by atoms with Crippen LogP contribution in [-0.2, 0) is 17.8 Å². The smallest absolute Gasteiger partial charge is 0.347 e. The molecule has 0 unspecified atom stereocenters. The molecule has 42 heavy (non-hydrogen) atoms. The van der Waals surface area contributed by atoms with Crippen molar-refractivity contribution in [2.75, 3.05) is 40.4 Å². The molecule has 2 aromatic carbocycles. The molecule has 0 saturated heterocycles. The van der Waals surface area contributed by atoms with Crippen LogP contribution in [0.25, 0.3) is 5.69 Å². The Morgan fingerprint density at radius 2 is 1.36 bits per heavy atom. The molecule has 0 radical (unpaired) electrons. The van der Waals surface area contributed by atoms with Crippen LogP contribution >= 0.6 is 23.2 Å². The average Bonchev–Trinajstić information content (AvgIpc) is 3.01. The highest BCUT2D eigenvalue weighted by molar-refractivity contribution is 6.37. The SMILES string of the molecule is COC(=O)c1c(N(Cc2ccc(OC)cc2OC)Cc2ccc(OC)cc2OC)ncn(-c2c(Cl)cncc2Cl)c1=O. The van der Waals surface area contributed by atoms with E-state index in [-0.39, 0.29) is 40.2 Å². The molecule has 11 nitrogen and oxygen atoms in total. The number of nitrogens with zero attached hydrogens (tertiary/aromatic N) is 4. The molecule has 0 bridgehead atoms. The predicted molar refractivity (Wildman–Crippen MR) is 158 cm³/mol. The second kappa shape index (κ2) is 13.5. The lowest BCUT2D eigenvalue weighted by Crippen LogP contribution is -2.33. The van der Waals surface area contributed by atoms with Gasteiger partial charge in [-0.3, -0.25) is 14.3 Å². The monoisotopic (exact) mass is 614 g/mol. The molecule has 4 rings (SSSR count). The van der Waals surface area contributed by atoms with Gasteiger partial charge in [0.05, 0.1) is 51.3 Å².